The summed E-state index contributed by atoms with van der Waals surface area (Å²) in [6.07, 6.45) is 0. The predicted molar refractivity (Wildman–Crippen MR) is 65.9 cm³/mol. The maximum Gasteiger partial charge on any atom is 0.224 e. The summed E-state index contributed by atoms with van der Waals surface area (Å²) in [6, 6.07) is 7.74. The van der Waals surface area contributed by atoms with Crippen molar-refractivity contribution < 1.29 is 9.53 Å². The summed E-state index contributed by atoms with van der Waals surface area (Å²) in [4.78, 5) is 13.4. The molecule has 3 heteroatoms. The lowest BCUT2D eigenvalue weighted by atomic mass is 10.2. The van der Waals surface area contributed by atoms with Crippen LogP contribution in [0.5, 0.6) is 5.75 Å². The molecule has 0 saturated heterocycles. The lowest BCUT2D eigenvalue weighted by molar-refractivity contribution is -0.116. The highest BCUT2D eigenvalue weighted by Crippen LogP contribution is 2.29. The number of nitrogens with zero attached hydrogens (tertiary/aromatic N) is 1. The molecule has 0 radical (unpaired) electrons. The third kappa shape index (κ3) is 2.75. The van der Waals surface area contributed by atoms with Gasteiger partial charge in [0.05, 0.1) is 12.3 Å². The first-order chi connectivity index (χ1) is 7.57. The summed E-state index contributed by atoms with van der Waals surface area (Å²) in [6.45, 7) is 8.09. The van der Waals surface area contributed by atoms with Crippen LogP contribution < -0.4 is 9.64 Å². The molecule has 0 saturated carbocycles. The van der Waals surface area contributed by atoms with Gasteiger partial charge in [0.1, 0.15) is 5.75 Å². The number of carbonyl (C=O) groups excluding carboxylic acids is 1. The molecule has 88 valence electrons. The Labute approximate surface area is 97.0 Å². The van der Waals surface area contributed by atoms with Crippen LogP contribution in [0.4, 0.5) is 5.69 Å². The summed E-state index contributed by atoms with van der Waals surface area (Å²) in [5.74, 6) is 0.788. The lowest BCUT2D eigenvalue weighted by Gasteiger charge is -2.27. The highest BCUT2D eigenvalue weighted by atomic mass is 16.5. The van der Waals surface area contributed by atoms with Gasteiger partial charge >= 0.3 is 0 Å². The fraction of sp³-hybridized carbons (Fsp3) is 0.462. The van der Waals surface area contributed by atoms with Gasteiger partial charge in [-0.15, -0.1) is 0 Å². The van der Waals surface area contributed by atoms with E-state index in [1.807, 2.05) is 45.0 Å². The number of amides is 1. The van der Waals surface area contributed by atoms with Crippen molar-refractivity contribution in [1.29, 1.82) is 0 Å². The van der Waals surface area contributed by atoms with E-state index in [4.69, 9.17) is 4.74 Å². The Kier molecular flexibility index (Phi) is 4.35. The van der Waals surface area contributed by atoms with E-state index in [1.165, 1.54) is 0 Å². The average Bonchev–Trinajstić information content (AvgIpc) is 2.20. The minimum absolute atomic E-state index is 0.0298. The second-order valence-electron chi connectivity index (χ2n) is 3.88. The van der Waals surface area contributed by atoms with E-state index in [0.717, 1.165) is 11.4 Å². The molecule has 1 rings (SSSR count). The van der Waals surface area contributed by atoms with Crippen molar-refractivity contribution in [3.8, 4) is 5.75 Å². The lowest BCUT2D eigenvalue weighted by Crippen LogP contribution is -2.35. The molecule has 0 atom stereocenters. The number of carbonyl (C=O) groups is 1. The van der Waals surface area contributed by atoms with Crippen molar-refractivity contribution in [3.05, 3.63) is 24.3 Å². The normalized spacial score (nSPS) is 10.3. The van der Waals surface area contributed by atoms with Crippen molar-refractivity contribution in [2.45, 2.75) is 33.7 Å². The van der Waals surface area contributed by atoms with Gasteiger partial charge in [-0.25, -0.2) is 0 Å². The van der Waals surface area contributed by atoms with Crippen LogP contribution in [0.25, 0.3) is 0 Å². The zero-order valence-electron chi connectivity index (χ0n) is 10.4. The molecule has 0 N–H and O–H groups in total. The Morgan fingerprint density at radius 1 is 1.38 bits per heavy atom. The first-order valence-electron chi connectivity index (χ1n) is 5.59. The van der Waals surface area contributed by atoms with E-state index < -0.39 is 0 Å². The number of hydrogen-bond donors (Lipinski definition) is 0. The molecule has 1 aromatic carbocycles. The maximum absolute atomic E-state index is 11.6. The largest absolute Gasteiger partial charge is 0.492 e. The summed E-state index contributed by atoms with van der Waals surface area (Å²) in [7, 11) is 0. The molecule has 0 unspecified atom stereocenters. The number of hydrogen-bond acceptors (Lipinski definition) is 2. The molecule has 1 aromatic rings. The number of ether oxygens (including phenoxy) is 1. The van der Waals surface area contributed by atoms with Gasteiger partial charge in [0.15, 0.2) is 0 Å². The standard InChI is InChI=1S/C13H19NO2/c1-5-16-13-9-7-6-8-12(13)14(10(2)3)11(4)15/h6-10H,5H2,1-4H3. The molecule has 0 bridgehead atoms. The maximum atomic E-state index is 11.6. The molecule has 0 spiro atoms. The van der Waals surface area contributed by atoms with Gasteiger partial charge in [-0.3, -0.25) is 4.79 Å². The van der Waals surface area contributed by atoms with E-state index in [1.54, 1.807) is 11.8 Å². The molecule has 0 aliphatic rings. The minimum atomic E-state index is 0.0298. The van der Waals surface area contributed by atoms with Crippen molar-refractivity contribution in [1.82, 2.24) is 0 Å². The van der Waals surface area contributed by atoms with Crippen LogP contribution >= 0.6 is 0 Å². The molecule has 0 aliphatic carbocycles. The van der Waals surface area contributed by atoms with Gasteiger partial charge in [0, 0.05) is 13.0 Å². The number of para-hydroxylation sites is 2. The minimum Gasteiger partial charge on any atom is -0.492 e. The SMILES string of the molecule is CCOc1ccccc1N(C(C)=O)C(C)C. The van der Waals surface area contributed by atoms with Crippen molar-refractivity contribution in [2.24, 2.45) is 0 Å². The van der Waals surface area contributed by atoms with Gasteiger partial charge in [-0.1, -0.05) is 12.1 Å². The van der Waals surface area contributed by atoms with Gasteiger partial charge < -0.3 is 9.64 Å². The Hall–Kier alpha value is -1.51. The third-order valence-electron chi connectivity index (χ3n) is 2.28. The summed E-state index contributed by atoms with van der Waals surface area (Å²) >= 11 is 0. The quantitative estimate of drug-likeness (QED) is 0.782. The Morgan fingerprint density at radius 2 is 2.00 bits per heavy atom. The highest BCUT2D eigenvalue weighted by molar-refractivity contribution is 5.93. The molecule has 0 heterocycles. The summed E-state index contributed by atoms with van der Waals surface area (Å²) < 4.78 is 5.52. The zero-order chi connectivity index (χ0) is 12.1. The van der Waals surface area contributed by atoms with Crippen LogP contribution in [-0.4, -0.2) is 18.6 Å². The van der Waals surface area contributed by atoms with Gasteiger partial charge in [0.2, 0.25) is 5.91 Å². The highest BCUT2D eigenvalue weighted by Gasteiger charge is 2.18. The van der Waals surface area contributed by atoms with E-state index in [2.05, 4.69) is 0 Å². The molecule has 1 amide bonds. The Bertz CT molecular complexity index is 361. The van der Waals surface area contributed by atoms with Crippen molar-refractivity contribution in [2.75, 3.05) is 11.5 Å². The zero-order valence-corrected chi connectivity index (χ0v) is 10.4. The van der Waals surface area contributed by atoms with Crippen LogP contribution in [0.15, 0.2) is 24.3 Å². The molecule has 0 aromatic heterocycles. The van der Waals surface area contributed by atoms with Crippen LogP contribution in [0.3, 0.4) is 0 Å². The molecule has 3 nitrogen and oxygen atoms in total. The Morgan fingerprint density at radius 3 is 2.50 bits per heavy atom. The predicted octanol–water partition coefficient (Wildman–Crippen LogP) is 2.85. The van der Waals surface area contributed by atoms with Gasteiger partial charge in [-0.05, 0) is 32.9 Å². The van der Waals surface area contributed by atoms with Crippen LogP contribution in [0.2, 0.25) is 0 Å². The van der Waals surface area contributed by atoms with Crippen molar-refractivity contribution >= 4 is 11.6 Å². The van der Waals surface area contributed by atoms with Crippen molar-refractivity contribution in [3.63, 3.8) is 0 Å². The fourth-order valence-corrected chi connectivity index (χ4v) is 1.75. The molecular weight excluding hydrogens is 202 g/mol. The monoisotopic (exact) mass is 221 g/mol. The van der Waals surface area contributed by atoms with E-state index in [0.29, 0.717) is 6.61 Å². The summed E-state index contributed by atoms with van der Waals surface area (Å²) in [5, 5.41) is 0. The van der Waals surface area contributed by atoms with Gasteiger partial charge in [0.25, 0.3) is 0 Å². The van der Waals surface area contributed by atoms with Gasteiger partial charge in [-0.2, -0.15) is 0 Å². The van der Waals surface area contributed by atoms with Crippen LogP contribution in [0.1, 0.15) is 27.7 Å². The topological polar surface area (TPSA) is 29.5 Å². The first kappa shape index (κ1) is 12.6. The first-order valence-corrected chi connectivity index (χ1v) is 5.59. The molecular formula is C13H19NO2. The average molecular weight is 221 g/mol. The number of benzene rings is 1. The van der Waals surface area contributed by atoms with Crippen LogP contribution in [-0.2, 0) is 4.79 Å². The second kappa shape index (κ2) is 5.54. The smallest absolute Gasteiger partial charge is 0.224 e. The third-order valence-corrected chi connectivity index (χ3v) is 2.28. The fourth-order valence-electron chi connectivity index (χ4n) is 1.75. The van der Waals surface area contributed by atoms with E-state index in [-0.39, 0.29) is 11.9 Å². The summed E-state index contributed by atoms with van der Waals surface area (Å²) in [5.41, 5.74) is 0.840. The number of anilines is 1. The Balaban J connectivity index is 3.12. The van der Waals surface area contributed by atoms with E-state index >= 15 is 0 Å². The molecule has 0 fully saturated rings. The number of rotatable bonds is 4. The second-order valence-corrected chi connectivity index (χ2v) is 3.88. The molecule has 16 heavy (non-hydrogen) atoms. The molecule has 0 aliphatic heterocycles. The van der Waals surface area contributed by atoms with E-state index in [9.17, 15) is 4.79 Å². The van der Waals surface area contributed by atoms with Crippen LogP contribution in [0, 0.1) is 0 Å².